The van der Waals surface area contributed by atoms with E-state index in [0.717, 1.165) is 0 Å². The highest BCUT2D eigenvalue weighted by molar-refractivity contribution is 5.36. The van der Waals surface area contributed by atoms with E-state index in [1.54, 1.807) is 0 Å². The summed E-state index contributed by atoms with van der Waals surface area (Å²) in [5, 5.41) is 12.6. The van der Waals surface area contributed by atoms with Crippen LogP contribution in [-0.4, -0.2) is 40.4 Å². The number of H-pyrrole nitrogens is 1. The van der Waals surface area contributed by atoms with Crippen LogP contribution >= 0.6 is 0 Å². The summed E-state index contributed by atoms with van der Waals surface area (Å²) in [6, 6.07) is 1.38. The van der Waals surface area contributed by atoms with E-state index in [1.165, 1.54) is 12.4 Å². The number of anilines is 1. The fourth-order valence-corrected chi connectivity index (χ4v) is 1.79. The molecular formula is C10H15N3O3. The van der Waals surface area contributed by atoms with Gasteiger partial charge in [0.05, 0.1) is 18.5 Å². The molecule has 0 atom stereocenters. The SMILES string of the molecule is O=c1cc(NC2(CO)CCOCC2)nc[nH]1. The molecule has 1 aliphatic heterocycles. The minimum Gasteiger partial charge on any atom is -0.394 e. The third-order valence-corrected chi connectivity index (χ3v) is 2.82. The van der Waals surface area contributed by atoms with E-state index in [1.807, 2.05) is 0 Å². The molecule has 1 aromatic heterocycles. The summed E-state index contributed by atoms with van der Waals surface area (Å²) in [6.45, 7) is 1.22. The van der Waals surface area contributed by atoms with Crippen LogP contribution < -0.4 is 10.9 Å². The van der Waals surface area contributed by atoms with Crippen molar-refractivity contribution in [3.63, 3.8) is 0 Å². The van der Waals surface area contributed by atoms with E-state index in [0.29, 0.717) is 31.9 Å². The molecule has 0 aromatic carbocycles. The molecule has 2 heterocycles. The monoisotopic (exact) mass is 225 g/mol. The molecule has 16 heavy (non-hydrogen) atoms. The van der Waals surface area contributed by atoms with Gasteiger partial charge in [0.2, 0.25) is 0 Å². The van der Waals surface area contributed by atoms with Crippen molar-refractivity contribution in [1.29, 1.82) is 0 Å². The number of hydrogen-bond donors (Lipinski definition) is 3. The highest BCUT2D eigenvalue weighted by Gasteiger charge is 2.32. The Balaban J connectivity index is 2.14. The van der Waals surface area contributed by atoms with Crippen LogP contribution in [0.2, 0.25) is 0 Å². The number of aromatic nitrogens is 2. The van der Waals surface area contributed by atoms with Gasteiger partial charge in [0.15, 0.2) is 0 Å². The lowest BCUT2D eigenvalue weighted by atomic mass is 9.91. The Morgan fingerprint density at radius 2 is 2.31 bits per heavy atom. The van der Waals surface area contributed by atoms with Crippen LogP contribution in [0.25, 0.3) is 0 Å². The number of hydrogen-bond acceptors (Lipinski definition) is 5. The van der Waals surface area contributed by atoms with E-state index in [2.05, 4.69) is 15.3 Å². The molecule has 2 rings (SSSR count). The molecule has 3 N–H and O–H groups in total. The summed E-state index contributed by atoms with van der Waals surface area (Å²) < 4.78 is 5.25. The number of aliphatic hydroxyl groups is 1. The third-order valence-electron chi connectivity index (χ3n) is 2.82. The van der Waals surface area contributed by atoms with Crippen molar-refractivity contribution in [2.75, 3.05) is 25.1 Å². The lowest BCUT2D eigenvalue weighted by Crippen LogP contribution is -2.47. The van der Waals surface area contributed by atoms with E-state index in [-0.39, 0.29) is 12.2 Å². The van der Waals surface area contributed by atoms with Gasteiger partial charge in [-0.2, -0.15) is 0 Å². The predicted octanol–water partition coefficient (Wildman–Crippen LogP) is -0.277. The number of nitrogens with one attached hydrogen (secondary N) is 2. The van der Waals surface area contributed by atoms with Crippen molar-refractivity contribution in [3.8, 4) is 0 Å². The van der Waals surface area contributed by atoms with Crippen molar-refractivity contribution in [3.05, 3.63) is 22.7 Å². The van der Waals surface area contributed by atoms with Crippen LogP contribution in [0, 0.1) is 0 Å². The smallest absolute Gasteiger partial charge is 0.252 e. The Hall–Kier alpha value is -1.40. The molecule has 0 unspecified atom stereocenters. The van der Waals surface area contributed by atoms with Crippen molar-refractivity contribution < 1.29 is 9.84 Å². The Morgan fingerprint density at radius 1 is 1.56 bits per heavy atom. The molecule has 1 fully saturated rings. The Labute approximate surface area is 92.7 Å². The van der Waals surface area contributed by atoms with E-state index in [4.69, 9.17) is 4.74 Å². The lowest BCUT2D eigenvalue weighted by molar-refractivity contribution is 0.0378. The predicted molar refractivity (Wildman–Crippen MR) is 58.4 cm³/mol. The fraction of sp³-hybridized carbons (Fsp3) is 0.600. The molecule has 0 aliphatic carbocycles. The van der Waals surface area contributed by atoms with Gasteiger partial charge >= 0.3 is 0 Å². The number of aromatic amines is 1. The first-order valence-electron chi connectivity index (χ1n) is 5.26. The van der Waals surface area contributed by atoms with Gasteiger partial charge < -0.3 is 20.1 Å². The maximum atomic E-state index is 11.1. The highest BCUT2D eigenvalue weighted by Crippen LogP contribution is 2.23. The summed E-state index contributed by atoms with van der Waals surface area (Å²) >= 11 is 0. The lowest BCUT2D eigenvalue weighted by Gasteiger charge is -2.36. The normalized spacial score (nSPS) is 19.3. The van der Waals surface area contributed by atoms with Gasteiger partial charge in [-0.15, -0.1) is 0 Å². The Kier molecular flexibility index (Phi) is 3.21. The first kappa shape index (κ1) is 11.1. The Morgan fingerprint density at radius 3 is 2.94 bits per heavy atom. The zero-order chi connectivity index (χ0) is 11.4. The number of ether oxygens (including phenoxy) is 1. The summed E-state index contributed by atoms with van der Waals surface area (Å²) in [4.78, 5) is 17.6. The first-order chi connectivity index (χ1) is 7.74. The quantitative estimate of drug-likeness (QED) is 0.658. The second kappa shape index (κ2) is 4.63. The molecule has 0 amide bonds. The standard InChI is InChI=1S/C10H15N3O3/c14-6-10(1-3-16-4-2-10)13-8-5-9(15)12-7-11-8/h5,7,14H,1-4,6H2,(H2,11,12,13,15). The zero-order valence-electron chi connectivity index (χ0n) is 8.90. The minimum atomic E-state index is -0.418. The molecule has 88 valence electrons. The van der Waals surface area contributed by atoms with E-state index in [9.17, 15) is 9.90 Å². The van der Waals surface area contributed by atoms with Crippen molar-refractivity contribution in [2.45, 2.75) is 18.4 Å². The summed E-state index contributed by atoms with van der Waals surface area (Å²) in [5.41, 5.74) is -0.628. The van der Waals surface area contributed by atoms with Crippen LogP contribution in [0.5, 0.6) is 0 Å². The van der Waals surface area contributed by atoms with Gasteiger partial charge in [0.1, 0.15) is 5.82 Å². The molecule has 1 aliphatic rings. The van der Waals surface area contributed by atoms with E-state index < -0.39 is 5.54 Å². The van der Waals surface area contributed by atoms with Crippen molar-refractivity contribution >= 4 is 5.82 Å². The number of nitrogens with zero attached hydrogens (tertiary/aromatic N) is 1. The highest BCUT2D eigenvalue weighted by atomic mass is 16.5. The molecule has 0 spiro atoms. The second-order valence-corrected chi connectivity index (χ2v) is 3.97. The van der Waals surface area contributed by atoms with Gasteiger partial charge in [0, 0.05) is 19.3 Å². The van der Waals surface area contributed by atoms with Gasteiger partial charge in [-0.05, 0) is 12.8 Å². The van der Waals surface area contributed by atoms with Crippen LogP contribution in [0.3, 0.4) is 0 Å². The number of aliphatic hydroxyl groups excluding tert-OH is 1. The zero-order valence-corrected chi connectivity index (χ0v) is 8.90. The minimum absolute atomic E-state index is 0.00480. The van der Waals surface area contributed by atoms with Gasteiger partial charge in [-0.25, -0.2) is 4.98 Å². The summed E-state index contributed by atoms with van der Waals surface area (Å²) in [5.74, 6) is 0.486. The first-order valence-corrected chi connectivity index (χ1v) is 5.26. The molecule has 1 aromatic rings. The summed E-state index contributed by atoms with van der Waals surface area (Å²) in [7, 11) is 0. The van der Waals surface area contributed by atoms with Crippen LogP contribution in [0.15, 0.2) is 17.2 Å². The summed E-state index contributed by atoms with van der Waals surface area (Å²) in [6.07, 6.45) is 2.75. The largest absolute Gasteiger partial charge is 0.394 e. The second-order valence-electron chi connectivity index (χ2n) is 3.97. The van der Waals surface area contributed by atoms with Crippen LogP contribution in [0.1, 0.15) is 12.8 Å². The van der Waals surface area contributed by atoms with Crippen LogP contribution in [0.4, 0.5) is 5.82 Å². The molecule has 6 nitrogen and oxygen atoms in total. The molecule has 1 saturated heterocycles. The molecule has 0 radical (unpaired) electrons. The maximum absolute atomic E-state index is 11.1. The Bertz CT molecular complexity index is 398. The van der Waals surface area contributed by atoms with Crippen LogP contribution in [-0.2, 0) is 4.74 Å². The molecule has 6 heteroatoms. The molecular weight excluding hydrogens is 210 g/mol. The van der Waals surface area contributed by atoms with Gasteiger partial charge in [0.25, 0.3) is 5.56 Å². The molecule has 0 bridgehead atoms. The van der Waals surface area contributed by atoms with Crippen molar-refractivity contribution in [1.82, 2.24) is 9.97 Å². The average molecular weight is 225 g/mol. The van der Waals surface area contributed by atoms with Gasteiger partial charge in [-0.1, -0.05) is 0 Å². The average Bonchev–Trinajstić information content (AvgIpc) is 2.30. The third kappa shape index (κ3) is 2.40. The van der Waals surface area contributed by atoms with E-state index >= 15 is 0 Å². The number of rotatable bonds is 3. The fourth-order valence-electron chi connectivity index (χ4n) is 1.79. The van der Waals surface area contributed by atoms with Gasteiger partial charge in [-0.3, -0.25) is 4.79 Å². The molecule has 0 saturated carbocycles. The van der Waals surface area contributed by atoms with Crippen molar-refractivity contribution in [2.24, 2.45) is 0 Å². The maximum Gasteiger partial charge on any atom is 0.252 e. The topological polar surface area (TPSA) is 87.2 Å².